The van der Waals surface area contributed by atoms with Crippen LogP contribution in [0.2, 0.25) is 0 Å². The summed E-state index contributed by atoms with van der Waals surface area (Å²) in [5.41, 5.74) is 1.46. The largest absolute Gasteiger partial charge is 0.301 e. The first-order chi connectivity index (χ1) is 7.78. The molecule has 3 saturated heterocycles. The van der Waals surface area contributed by atoms with Crippen molar-refractivity contribution in [3.8, 4) is 0 Å². The summed E-state index contributed by atoms with van der Waals surface area (Å²) in [6, 6.07) is 1.64. The van der Waals surface area contributed by atoms with Gasteiger partial charge in [0.05, 0.1) is 0 Å². The normalized spacial score (nSPS) is 32.1. The summed E-state index contributed by atoms with van der Waals surface area (Å²) in [6.07, 6.45) is 8.05. The summed E-state index contributed by atoms with van der Waals surface area (Å²) in [6.45, 7) is 11.4. The van der Waals surface area contributed by atoms with E-state index in [0.717, 1.165) is 18.6 Å². The third-order valence-corrected chi connectivity index (χ3v) is 3.98. The first-order valence-electron chi connectivity index (χ1n) is 6.54. The predicted octanol–water partition coefficient (Wildman–Crippen LogP) is 2.29. The van der Waals surface area contributed by atoms with E-state index in [1.807, 2.05) is 0 Å². The van der Waals surface area contributed by atoms with Gasteiger partial charge in [0.2, 0.25) is 0 Å². The van der Waals surface area contributed by atoms with Gasteiger partial charge in [-0.15, -0.1) is 0 Å². The summed E-state index contributed by atoms with van der Waals surface area (Å²) in [5.74, 6) is 0. The zero-order chi connectivity index (χ0) is 11.5. The molecule has 0 N–H and O–H groups in total. The van der Waals surface area contributed by atoms with Crippen molar-refractivity contribution in [1.29, 1.82) is 0 Å². The van der Waals surface area contributed by atoms with Crippen molar-refractivity contribution < 1.29 is 0 Å². The Bertz CT molecular complexity index is 281. The molecule has 2 heteroatoms. The summed E-state index contributed by atoms with van der Waals surface area (Å²) in [5, 5.41) is 0. The number of rotatable bonds is 4. The fourth-order valence-electron chi connectivity index (χ4n) is 2.96. The van der Waals surface area contributed by atoms with E-state index in [2.05, 4.69) is 48.8 Å². The highest BCUT2D eigenvalue weighted by Crippen LogP contribution is 2.32. The van der Waals surface area contributed by atoms with E-state index in [-0.39, 0.29) is 0 Å². The van der Waals surface area contributed by atoms with E-state index in [1.165, 1.54) is 31.6 Å². The lowest BCUT2D eigenvalue weighted by Gasteiger charge is -2.56. The lowest BCUT2D eigenvalue weighted by atomic mass is 9.86. The molecule has 0 radical (unpaired) electrons. The van der Waals surface area contributed by atoms with Crippen molar-refractivity contribution >= 4 is 0 Å². The van der Waals surface area contributed by atoms with Gasteiger partial charge in [0, 0.05) is 31.7 Å². The zero-order valence-corrected chi connectivity index (χ0v) is 10.8. The van der Waals surface area contributed by atoms with Gasteiger partial charge < -0.3 is 4.90 Å². The second-order valence-corrected chi connectivity index (χ2v) is 4.93. The molecule has 3 aliphatic heterocycles. The molecule has 3 rings (SSSR count). The van der Waals surface area contributed by atoms with Crippen LogP contribution in [0.1, 0.15) is 27.2 Å². The number of piperazine rings is 1. The van der Waals surface area contributed by atoms with Gasteiger partial charge in [0.15, 0.2) is 0 Å². The molecule has 0 saturated carbocycles. The Hall–Kier alpha value is -0.600. The van der Waals surface area contributed by atoms with Crippen molar-refractivity contribution in [3.63, 3.8) is 0 Å². The minimum absolute atomic E-state index is 0.818. The second kappa shape index (κ2) is 5.15. The molecular formula is C14H24N2. The van der Waals surface area contributed by atoms with Crippen LogP contribution in [0.4, 0.5) is 0 Å². The minimum atomic E-state index is 0.818. The number of hydrogen-bond acceptors (Lipinski definition) is 2. The molecule has 0 amide bonds. The second-order valence-electron chi connectivity index (χ2n) is 4.93. The first-order valence-corrected chi connectivity index (χ1v) is 6.54. The van der Waals surface area contributed by atoms with Gasteiger partial charge in [-0.05, 0) is 32.4 Å². The Labute approximate surface area is 99.6 Å². The van der Waals surface area contributed by atoms with Gasteiger partial charge in [-0.25, -0.2) is 0 Å². The molecule has 0 aromatic rings. The van der Waals surface area contributed by atoms with E-state index in [1.54, 1.807) is 0 Å². The summed E-state index contributed by atoms with van der Waals surface area (Å²) >= 11 is 0. The van der Waals surface area contributed by atoms with Crippen LogP contribution in [0.15, 0.2) is 23.8 Å². The monoisotopic (exact) mass is 220 g/mol. The zero-order valence-electron chi connectivity index (χ0n) is 10.8. The van der Waals surface area contributed by atoms with E-state index >= 15 is 0 Å². The molecule has 2 unspecified atom stereocenters. The molecule has 3 fully saturated rings. The number of piperidine rings is 1. The maximum atomic E-state index is 2.68. The van der Waals surface area contributed by atoms with Crippen molar-refractivity contribution in [2.45, 2.75) is 39.3 Å². The van der Waals surface area contributed by atoms with E-state index in [9.17, 15) is 0 Å². The highest BCUT2D eigenvalue weighted by molar-refractivity contribution is 5.21. The number of likely N-dealkylation sites (N-methyl/N-ethyl adjacent to an activating group) is 1. The molecule has 0 aromatic carbocycles. The third kappa shape index (κ3) is 2.23. The van der Waals surface area contributed by atoms with Gasteiger partial charge in [0.25, 0.3) is 0 Å². The first kappa shape index (κ1) is 11.9. The molecule has 2 bridgehead atoms. The number of fused-ring (bicyclic) bond motifs is 2. The lowest BCUT2D eigenvalue weighted by molar-refractivity contribution is -0.0604. The van der Waals surface area contributed by atoms with Crippen LogP contribution in [-0.2, 0) is 0 Å². The quantitative estimate of drug-likeness (QED) is 0.671. The van der Waals surface area contributed by atoms with Crippen molar-refractivity contribution in [2.75, 3.05) is 26.2 Å². The fourth-order valence-corrected chi connectivity index (χ4v) is 2.96. The van der Waals surface area contributed by atoms with Crippen LogP contribution in [0.25, 0.3) is 0 Å². The SMILES string of the molecule is C/C=C\C(=C/C)CN1C2CC1CN(CC)C2. The smallest absolute Gasteiger partial charge is 0.0245 e. The highest BCUT2D eigenvalue weighted by atomic mass is 15.4. The van der Waals surface area contributed by atoms with Crippen LogP contribution in [0.3, 0.4) is 0 Å². The Morgan fingerprint density at radius 1 is 1.25 bits per heavy atom. The summed E-state index contributed by atoms with van der Waals surface area (Å²) in [7, 11) is 0. The van der Waals surface area contributed by atoms with E-state index in [4.69, 9.17) is 0 Å². The Kier molecular flexibility index (Phi) is 3.82. The lowest BCUT2D eigenvalue weighted by Crippen LogP contribution is -2.68. The van der Waals surface area contributed by atoms with Crippen LogP contribution in [0, 0.1) is 0 Å². The summed E-state index contributed by atoms with van der Waals surface area (Å²) < 4.78 is 0. The minimum Gasteiger partial charge on any atom is -0.301 e. The Morgan fingerprint density at radius 2 is 1.94 bits per heavy atom. The summed E-state index contributed by atoms with van der Waals surface area (Å²) in [4.78, 5) is 5.27. The highest BCUT2D eigenvalue weighted by Gasteiger charge is 2.43. The average Bonchev–Trinajstić information content (AvgIpc) is 2.34. The molecule has 90 valence electrons. The molecular weight excluding hydrogens is 196 g/mol. The molecule has 0 aromatic heterocycles. The Morgan fingerprint density at radius 3 is 2.44 bits per heavy atom. The molecule has 16 heavy (non-hydrogen) atoms. The van der Waals surface area contributed by atoms with Crippen LogP contribution < -0.4 is 0 Å². The fraction of sp³-hybridized carbons (Fsp3) is 0.714. The number of allylic oxidation sites excluding steroid dienone is 2. The molecule has 3 heterocycles. The van der Waals surface area contributed by atoms with E-state index < -0.39 is 0 Å². The maximum absolute atomic E-state index is 2.68. The number of hydrogen-bond donors (Lipinski definition) is 0. The van der Waals surface area contributed by atoms with Crippen molar-refractivity contribution in [2.24, 2.45) is 0 Å². The van der Waals surface area contributed by atoms with Gasteiger partial charge in [-0.3, -0.25) is 4.90 Å². The average molecular weight is 220 g/mol. The molecule has 2 atom stereocenters. The third-order valence-electron chi connectivity index (χ3n) is 3.98. The molecule has 3 aliphatic rings. The van der Waals surface area contributed by atoms with Gasteiger partial charge in [-0.2, -0.15) is 0 Å². The van der Waals surface area contributed by atoms with Gasteiger partial charge >= 0.3 is 0 Å². The van der Waals surface area contributed by atoms with Crippen LogP contribution in [0.5, 0.6) is 0 Å². The number of nitrogens with zero attached hydrogens (tertiary/aromatic N) is 2. The topological polar surface area (TPSA) is 6.48 Å². The Balaban J connectivity index is 1.90. The van der Waals surface area contributed by atoms with Crippen LogP contribution >= 0.6 is 0 Å². The molecule has 0 spiro atoms. The molecule has 2 nitrogen and oxygen atoms in total. The maximum Gasteiger partial charge on any atom is 0.0245 e. The molecule has 0 aliphatic carbocycles. The van der Waals surface area contributed by atoms with Gasteiger partial charge in [-0.1, -0.05) is 25.2 Å². The van der Waals surface area contributed by atoms with Gasteiger partial charge in [0.1, 0.15) is 0 Å². The van der Waals surface area contributed by atoms with Crippen molar-refractivity contribution in [3.05, 3.63) is 23.8 Å². The van der Waals surface area contributed by atoms with E-state index in [0.29, 0.717) is 0 Å². The van der Waals surface area contributed by atoms with Crippen LogP contribution in [-0.4, -0.2) is 48.1 Å². The standard InChI is InChI=1S/C14H24N2/c1-4-7-12(5-2)9-16-13-8-14(16)11-15(6-3)10-13/h4-5,7,13-14H,6,8-11H2,1-3H3/b7-4-,12-5+. The van der Waals surface area contributed by atoms with Crippen molar-refractivity contribution in [1.82, 2.24) is 9.80 Å². The predicted molar refractivity (Wildman–Crippen MR) is 69.6 cm³/mol.